The lowest BCUT2D eigenvalue weighted by molar-refractivity contribution is 0.593. The fourth-order valence-electron chi connectivity index (χ4n) is 0.0244. The number of halogens is 1. The van der Waals surface area contributed by atoms with Gasteiger partial charge < -0.3 is 0 Å². The lowest BCUT2D eigenvalue weighted by Crippen LogP contribution is -2.16. The van der Waals surface area contributed by atoms with E-state index in [1.165, 1.54) is 0 Å². The van der Waals surface area contributed by atoms with Crippen LogP contribution in [-0.4, -0.2) is 10.9 Å². The molecule has 0 heterocycles. The van der Waals surface area contributed by atoms with Gasteiger partial charge in [-0.25, -0.2) is 0 Å². The molecule has 0 rings (SSSR count). The maximum atomic E-state index is 9.78. The van der Waals surface area contributed by atoms with E-state index in [-0.39, 0.29) is 0 Å². The van der Waals surface area contributed by atoms with Gasteiger partial charge in [0.25, 0.3) is 0 Å². The summed E-state index contributed by atoms with van der Waals surface area (Å²) >= 11 is 3.14. The van der Waals surface area contributed by atoms with Crippen molar-refractivity contribution in [2.75, 3.05) is 5.33 Å². The molecule has 0 fully saturated rings. The predicted octanol–water partition coefficient (Wildman–Crippen LogP) is 1.93. The molecule has 0 aliphatic heterocycles. The minimum atomic E-state index is -0.431. The Balaban J connectivity index is 3.58. The molecule has 0 saturated carbocycles. The van der Waals surface area contributed by atoms with Crippen molar-refractivity contribution in [2.45, 2.75) is 19.4 Å². The Morgan fingerprint density at radius 2 is 2.14 bits per heavy atom. The maximum absolute atomic E-state index is 9.78. The van der Waals surface area contributed by atoms with Crippen molar-refractivity contribution in [3.63, 3.8) is 0 Å². The second-order valence-corrected chi connectivity index (χ2v) is 2.60. The summed E-state index contributed by atoms with van der Waals surface area (Å²) in [6.45, 7) is 3.55. The van der Waals surface area contributed by atoms with Crippen LogP contribution >= 0.6 is 15.9 Å². The number of hydrogen-bond donors (Lipinski definition) is 0. The molecule has 0 aromatic rings. The predicted molar refractivity (Wildman–Crippen MR) is 33.7 cm³/mol. The van der Waals surface area contributed by atoms with Gasteiger partial charge in [-0.3, -0.25) is 0 Å². The topological polar surface area (TPSA) is 29.4 Å². The second kappa shape index (κ2) is 2.40. The highest BCUT2D eigenvalue weighted by atomic mass is 79.9. The van der Waals surface area contributed by atoms with Crippen LogP contribution in [-0.2, 0) is 0 Å². The van der Waals surface area contributed by atoms with Crippen LogP contribution in [0.2, 0.25) is 0 Å². The van der Waals surface area contributed by atoms with Crippen molar-refractivity contribution >= 4 is 15.9 Å². The fraction of sp³-hybridized carbons (Fsp3) is 1.00. The van der Waals surface area contributed by atoms with Gasteiger partial charge in [0.1, 0.15) is 5.54 Å². The third-order valence-electron chi connectivity index (χ3n) is 0.574. The van der Waals surface area contributed by atoms with E-state index < -0.39 is 5.54 Å². The lowest BCUT2D eigenvalue weighted by Gasteiger charge is -2.07. The van der Waals surface area contributed by atoms with Gasteiger partial charge in [0.2, 0.25) is 0 Å². The maximum Gasteiger partial charge on any atom is 0.107 e. The van der Waals surface area contributed by atoms with Gasteiger partial charge in [0.15, 0.2) is 0 Å². The van der Waals surface area contributed by atoms with E-state index in [9.17, 15) is 4.91 Å². The molecule has 0 aromatic carbocycles. The molecule has 0 aromatic heterocycles. The molecule has 0 N–H and O–H groups in total. The third-order valence-corrected chi connectivity index (χ3v) is 1.95. The third kappa shape index (κ3) is 2.74. The molecule has 0 aliphatic rings. The molecule has 0 unspecified atom stereocenters. The summed E-state index contributed by atoms with van der Waals surface area (Å²) in [5.74, 6) is 0. The summed E-state index contributed by atoms with van der Waals surface area (Å²) in [5.41, 5.74) is -0.431. The first-order chi connectivity index (χ1) is 3.12. The number of rotatable bonds is 2. The van der Waals surface area contributed by atoms with Crippen LogP contribution in [0.4, 0.5) is 0 Å². The molecule has 0 radical (unpaired) electrons. The van der Waals surface area contributed by atoms with Crippen LogP contribution in [0.1, 0.15) is 13.8 Å². The zero-order valence-electron chi connectivity index (χ0n) is 4.44. The Morgan fingerprint density at radius 3 is 2.14 bits per heavy atom. The minimum absolute atomic E-state index is 0.431. The van der Waals surface area contributed by atoms with Gasteiger partial charge in [0, 0.05) is 5.33 Å². The van der Waals surface area contributed by atoms with E-state index in [0.717, 1.165) is 0 Å². The molecule has 42 valence electrons. The summed E-state index contributed by atoms with van der Waals surface area (Å²) in [7, 11) is 0. The molecular weight excluding hydrogens is 158 g/mol. The average Bonchev–Trinajstić information content (AvgIpc) is 1.68. The average molecular weight is 166 g/mol. The summed E-state index contributed by atoms with van der Waals surface area (Å²) < 4.78 is 0. The van der Waals surface area contributed by atoms with E-state index >= 15 is 0 Å². The Bertz CT molecular complexity index is 72.1. The summed E-state index contributed by atoms with van der Waals surface area (Å²) in [6, 6.07) is 0. The van der Waals surface area contributed by atoms with E-state index in [0.29, 0.717) is 5.33 Å². The monoisotopic (exact) mass is 165 g/mol. The summed E-state index contributed by atoms with van der Waals surface area (Å²) in [5, 5.41) is 3.47. The molecule has 0 amide bonds. The molecule has 0 saturated heterocycles. The fourth-order valence-corrected chi connectivity index (χ4v) is 0.127. The van der Waals surface area contributed by atoms with Crippen LogP contribution in [0.5, 0.6) is 0 Å². The van der Waals surface area contributed by atoms with Crippen LogP contribution < -0.4 is 0 Å². The lowest BCUT2D eigenvalue weighted by atomic mass is 10.1. The second-order valence-electron chi connectivity index (χ2n) is 2.04. The van der Waals surface area contributed by atoms with Crippen molar-refractivity contribution in [1.29, 1.82) is 0 Å². The van der Waals surface area contributed by atoms with E-state index in [1.54, 1.807) is 13.8 Å². The SMILES string of the molecule is CC(C)(CBr)N=O. The van der Waals surface area contributed by atoms with Crippen molar-refractivity contribution in [3.05, 3.63) is 4.91 Å². The number of nitrogens with zero attached hydrogens (tertiary/aromatic N) is 1. The Morgan fingerprint density at radius 1 is 1.71 bits per heavy atom. The largest absolute Gasteiger partial charge is 0.150 e. The van der Waals surface area contributed by atoms with Crippen LogP contribution in [0, 0.1) is 4.91 Å². The van der Waals surface area contributed by atoms with Crippen LogP contribution in [0.15, 0.2) is 5.18 Å². The Kier molecular flexibility index (Phi) is 2.43. The molecular formula is C4H8BrNO. The van der Waals surface area contributed by atoms with Gasteiger partial charge in [-0.2, -0.15) is 4.91 Å². The first-order valence-electron chi connectivity index (χ1n) is 2.03. The first-order valence-corrected chi connectivity index (χ1v) is 3.15. The number of alkyl halides is 1. The highest BCUT2D eigenvalue weighted by molar-refractivity contribution is 9.09. The highest BCUT2D eigenvalue weighted by Gasteiger charge is 2.14. The first kappa shape index (κ1) is 7.08. The van der Waals surface area contributed by atoms with Crippen molar-refractivity contribution < 1.29 is 0 Å². The Labute approximate surface area is 51.4 Å². The number of nitroso groups, excluding NO2 is 1. The standard InChI is InChI=1S/C4H8BrNO/c1-4(2,3-5)6-7/h3H2,1-2H3. The van der Waals surface area contributed by atoms with E-state index in [1.807, 2.05) is 0 Å². The zero-order chi connectivity index (χ0) is 5.91. The zero-order valence-corrected chi connectivity index (χ0v) is 6.03. The van der Waals surface area contributed by atoms with Crippen molar-refractivity contribution in [2.24, 2.45) is 5.18 Å². The normalized spacial score (nSPS) is 11.3. The molecule has 0 atom stereocenters. The van der Waals surface area contributed by atoms with Crippen molar-refractivity contribution in [3.8, 4) is 0 Å². The quantitative estimate of drug-likeness (QED) is 0.455. The van der Waals surface area contributed by atoms with Crippen molar-refractivity contribution in [1.82, 2.24) is 0 Å². The molecule has 2 nitrogen and oxygen atoms in total. The highest BCUT2D eigenvalue weighted by Crippen LogP contribution is 2.09. The van der Waals surface area contributed by atoms with Gasteiger partial charge in [-0.1, -0.05) is 21.1 Å². The summed E-state index contributed by atoms with van der Waals surface area (Å²) in [4.78, 5) is 9.78. The van der Waals surface area contributed by atoms with E-state index in [4.69, 9.17) is 0 Å². The molecule has 7 heavy (non-hydrogen) atoms. The Hall–Kier alpha value is 0.0800. The van der Waals surface area contributed by atoms with Gasteiger partial charge in [0.05, 0.1) is 0 Å². The van der Waals surface area contributed by atoms with E-state index in [2.05, 4.69) is 21.1 Å². The van der Waals surface area contributed by atoms with Crippen LogP contribution in [0.25, 0.3) is 0 Å². The molecule has 0 spiro atoms. The van der Waals surface area contributed by atoms with Gasteiger partial charge in [-0.05, 0) is 13.8 Å². The van der Waals surface area contributed by atoms with Gasteiger partial charge >= 0.3 is 0 Å². The summed E-state index contributed by atoms with van der Waals surface area (Å²) in [6.07, 6.45) is 0. The van der Waals surface area contributed by atoms with Gasteiger partial charge in [-0.15, -0.1) is 0 Å². The minimum Gasteiger partial charge on any atom is -0.150 e. The molecule has 0 bridgehead atoms. The number of hydrogen-bond acceptors (Lipinski definition) is 2. The smallest absolute Gasteiger partial charge is 0.107 e. The molecule has 3 heteroatoms. The molecule has 0 aliphatic carbocycles. The van der Waals surface area contributed by atoms with Crippen LogP contribution in [0.3, 0.4) is 0 Å².